The van der Waals surface area contributed by atoms with Crippen LogP contribution in [0.3, 0.4) is 0 Å². The van der Waals surface area contributed by atoms with Gasteiger partial charge < -0.3 is 4.42 Å². The quantitative estimate of drug-likeness (QED) is 0.627. The third kappa shape index (κ3) is 3.52. The highest BCUT2D eigenvalue weighted by molar-refractivity contribution is 7.89. The molecule has 27 heavy (non-hydrogen) atoms. The summed E-state index contributed by atoms with van der Waals surface area (Å²) in [6, 6.07) is 5.80. The van der Waals surface area contributed by atoms with Crippen molar-refractivity contribution in [3.05, 3.63) is 46.4 Å². The second-order valence-corrected chi connectivity index (χ2v) is 9.48. The molecule has 142 valence electrons. The summed E-state index contributed by atoms with van der Waals surface area (Å²) in [5.74, 6) is 0.679. The van der Waals surface area contributed by atoms with E-state index in [2.05, 4.69) is 15.2 Å². The lowest BCUT2D eigenvalue weighted by molar-refractivity contribution is 0.220. The minimum Gasteiger partial charge on any atom is -0.418 e. The lowest BCUT2D eigenvalue weighted by Gasteiger charge is -2.32. The van der Waals surface area contributed by atoms with Crippen molar-refractivity contribution in [1.29, 1.82) is 0 Å². The van der Waals surface area contributed by atoms with Crippen LogP contribution >= 0.6 is 22.9 Å². The molecule has 1 fully saturated rings. The summed E-state index contributed by atoms with van der Waals surface area (Å²) in [6.45, 7) is 2.27. The molecule has 0 spiro atoms. The fourth-order valence-electron chi connectivity index (χ4n) is 3.17. The van der Waals surface area contributed by atoms with Gasteiger partial charge in [0.15, 0.2) is 0 Å². The first kappa shape index (κ1) is 18.5. The van der Waals surface area contributed by atoms with Gasteiger partial charge in [-0.3, -0.25) is 0 Å². The third-order valence-electron chi connectivity index (χ3n) is 4.52. The van der Waals surface area contributed by atoms with Crippen molar-refractivity contribution in [1.82, 2.24) is 19.5 Å². The number of sulfonamides is 1. The molecule has 0 radical (unpaired) electrons. The molecule has 0 saturated carbocycles. The highest BCUT2D eigenvalue weighted by Gasteiger charge is 2.37. The summed E-state index contributed by atoms with van der Waals surface area (Å²) >= 11 is 7.40. The number of thiazole rings is 1. The van der Waals surface area contributed by atoms with Crippen molar-refractivity contribution in [2.75, 3.05) is 6.54 Å². The summed E-state index contributed by atoms with van der Waals surface area (Å²) < 4.78 is 33.7. The molecule has 4 rings (SSSR count). The Labute approximate surface area is 166 Å². The summed E-state index contributed by atoms with van der Waals surface area (Å²) in [4.78, 5) is 5.16. The van der Waals surface area contributed by atoms with Crippen molar-refractivity contribution in [3.8, 4) is 10.8 Å². The van der Waals surface area contributed by atoms with E-state index in [1.807, 2.05) is 6.92 Å². The van der Waals surface area contributed by atoms with E-state index in [1.165, 1.54) is 21.7 Å². The Morgan fingerprint density at radius 3 is 2.89 bits per heavy atom. The molecule has 1 atom stereocenters. The molecule has 0 aliphatic carbocycles. The molecule has 1 aliphatic heterocycles. The first-order chi connectivity index (χ1) is 13.0. The van der Waals surface area contributed by atoms with E-state index in [9.17, 15) is 8.42 Å². The second kappa shape index (κ2) is 7.31. The number of hydrogen-bond donors (Lipinski definition) is 0. The maximum Gasteiger partial charge on any atom is 0.259 e. The first-order valence-corrected chi connectivity index (χ1v) is 11.2. The van der Waals surface area contributed by atoms with E-state index in [-0.39, 0.29) is 4.90 Å². The van der Waals surface area contributed by atoms with Gasteiger partial charge in [0, 0.05) is 11.6 Å². The lowest BCUT2D eigenvalue weighted by atomic mass is 10.1. The maximum absolute atomic E-state index is 13.2. The number of aryl methyl sites for hydroxylation is 1. The molecular formula is C17H17ClN4O3S2. The van der Waals surface area contributed by atoms with Crippen LogP contribution in [0.1, 0.15) is 36.9 Å². The average Bonchev–Trinajstić information content (AvgIpc) is 3.30. The maximum atomic E-state index is 13.2. The van der Waals surface area contributed by atoms with E-state index < -0.39 is 16.1 Å². The highest BCUT2D eigenvalue weighted by atomic mass is 35.5. The fraction of sp³-hybridized carbons (Fsp3) is 0.353. The minimum absolute atomic E-state index is 0.167. The SMILES string of the molecule is Cc1ncsc1-c1nnc(C2CCCCN2S(=O)(=O)c2cccc(Cl)c2)o1. The van der Waals surface area contributed by atoms with Crippen molar-refractivity contribution in [3.63, 3.8) is 0 Å². The van der Waals surface area contributed by atoms with E-state index in [0.717, 1.165) is 23.4 Å². The molecule has 0 amide bonds. The van der Waals surface area contributed by atoms with Crippen molar-refractivity contribution < 1.29 is 12.8 Å². The molecule has 10 heteroatoms. The zero-order chi connectivity index (χ0) is 19.0. The van der Waals surface area contributed by atoms with Gasteiger partial charge in [-0.1, -0.05) is 24.1 Å². The Morgan fingerprint density at radius 1 is 1.30 bits per heavy atom. The Kier molecular flexibility index (Phi) is 5.02. The summed E-state index contributed by atoms with van der Waals surface area (Å²) in [5.41, 5.74) is 2.52. The summed E-state index contributed by atoms with van der Waals surface area (Å²) in [7, 11) is -3.72. The van der Waals surface area contributed by atoms with Gasteiger partial charge in [0.2, 0.25) is 15.9 Å². The highest BCUT2D eigenvalue weighted by Crippen LogP contribution is 2.37. The molecule has 0 bridgehead atoms. The minimum atomic E-state index is -3.72. The van der Waals surface area contributed by atoms with Gasteiger partial charge in [-0.15, -0.1) is 21.5 Å². The van der Waals surface area contributed by atoms with E-state index in [0.29, 0.717) is 29.8 Å². The number of rotatable bonds is 4. The van der Waals surface area contributed by atoms with Crippen molar-refractivity contribution >= 4 is 33.0 Å². The molecule has 1 aromatic carbocycles. The molecular weight excluding hydrogens is 408 g/mol. The Balaban J connectivity index is 1.69. The largest absolute Gasteiger partial charge is 0.418 e. The van der Waals surface area contributed by atoms with Crippen LogP contribution in [0.25, 0.3) is 10.8 Å². The van der Waals surface area contributed by atoms with Gasteiger partial charge in [-0.2, -0.15) is 4.31 Å². The van der Waals surface area contributed by atoms with Crippen LogP contribution in [0.4, 0.5) is 0 Å². The Hall–Kier alpha value is -1.81. The van der Waals surface area contributed by atoms with Crippen LogP contribution in [0.15, 0.2) is 39.1 Å². The second-order valence-electron chi connectivity index (χ2n) is 6.30. The molecule has 3 heterocycles. The van der Waals surface area contributed by atoms with Crippen LogP contribution in [-0.2, 0) is 10.0 Å². The van der Waals surface area contributed by atoms with Crippen LogP contribution in [0, 0.1) is 6.92 Å². The Morgan fingerprint density at radius 2 is 2.15 bits per heavy atom. The first-order valence-electron chi connectivity index (χ1n) is 8.48. The van der Waals surface area contributed by atoms with Crippen LogP contribution in [0.5, 0.6) is 0 Å². The van der Waals surface area contributed by atoms with Gasteiger partial charge in [0.25, 0.3) is 5.89 Å². The normalized spacial score (nSPS) is 18.7. The number of benzene rings is 1. The molecule has 0 N–H and O–H groups in total. The summed E-state index contributed by atoms with van der Waals surface area (Å²) in [5, 5.41) is 8.63. The van der Waals surface area contributed by atoms with Crippen LogP contribution < -0.4 is 0 Å². The molecule has 3 aromatic rings. The third-order valence-corrected chi connectivity index (χ3v) is 7.58. The smallest absolute Gasteiger partial charge is 0.259 e. The van der Waals surface area contributed by atoms with Crippen molar-refractivity contribution in [2.24, 2.45) is 0 Å². The van der Waals surface area contributed by atoms with Gasteiger partial charge in [0.05, 0.1) is 16.1 Å². The number of aromatic nitrogens is 3. The zero-order valence-electron chi connectivity index (χ0n) is 14.5. The predicted octanol–water partition coefficient (Wildman–Crippen LogP) is 4.07. The van der Waals surface area contributed by atoms with Gasteiger partial charge in [-0.25, -0.2) is 13.4 Å². The number of hydrogen-bond acceptors (Lipinski definition) is 7. The molecule has 1 saturated heterocycles. The standard InChI is InChI=1S/C17H17ClN4O3S2/c1-11-15(26-10-19-11)17-21-20-16(25-17)14-7-2-3-8-22(14)27(23,24)13-6-4-5-12(18)9-13/h4-6,9-10,14H,2-3,7-8H2,1H3. The topological polar surface area (TPSA) is 89.2 Å². The predicted molar refractivity (Wildman–Crippen MR) is 102 cm³/mol. The van der Waals surface area contributed by atoms with Gasteiger partial charge in [0.1, 0.15) is 10.9 Å². The molecule has 1 aliphatic rings. The lowest BCUT2D eigenvalue weighted by Crippen LogP contribution is -2.38. The van der Waals surface area contributed by atoms with Gasteiger partial charge in [-0.05, 0) is 38.0 Å². The van der Waals surface area contributed by atoms with E-state index in [4.69, 9.17) is 16.0 Å². The monoisotopic (exact) mass is 424 g/mol. The Bertz CT molecular complexity index is 1060. The number of piperidine rings is 1. The van der Waals surface area contributed by atoms with Crippen LogP contribution in [0.2, 0.25) is 5.02 Å². The van der Waals surface area contributed by atoms with Gasteiger partial charge >= 0.3 is 0 Å². The molecule has 1 unspecified atom stereocenters. The van der Waals surface area contributed by atoms with E-state index >= 15 is 0 Å². The fourth-order valence-corrected chi connectivity index (χ4v) is 5.85. The number of halogens is 1. The van der Waals surface area contributed by atoms with Crippen molar-refractivity contribution in [2.45, 2.75) is 37.1 Å². The molecule has 2 aromatic heterocycles. The zero-order valence-corrected chi connectivity index (χ0v) is 16.9. The van der Waals surface area contributed by atoms with Crippen LogP contribution in [-0.4, -0.2) is 34.4 Å². The summed E-state index contributed by atoms with van der Waals surface area (Å²) in [6.07, 6.45) is 2.30. The molecule has 7 nitrogen and oxygen atoms in total. The van der Waals surface area contributed by atoms with E-state index in [1.54, 1.807) is 23.7 Å². The average molecular weight is 425 g/mol. The number of nitrogens with zero attached hydrogens (tertiary/aromatic N) is 4.